The second-order valence-corrected chi connectivity index (χ2v) is 4.34. The quantitative estimate of drug-likeness (QED) is 0.799. The van der Waals surface area contributed by atoms with Crippen LogP contribution < -0.4 is 5.32 Å². The lowest BCUT2D eigenvalue weighted by atomic mass is 10.2. The van der Waals surface area contributed by atoms with Crippen LogP contribution in [0.15, 0.2) is 12.3 Å². The van der Waals surface area contributed by atoms with Crippen LogP contribution >= 0.6 is 0 Å². The Balaban J connectivity index is 2.54. The average Bonchev–Trinajstić information content (AvgIpc) is 2.72. The average molecular weight is 268 g/mol. The molecule has 0 aliphatic heterocycles. The van der Waals surface area contributed by atoms with E-state index in [0.717, 1.165) is 5.69 Å². The van der Waals surface area contributed by atoms with Crippen LogP contribution in [0.5, 0.6) is 0 Å². The van der Waals surface area contributed by atoms with Crippen LogP contribution in [-0.4, -0.2) is 44.4 Å². The molecule has 0 aliphatic carbocycles. The van der Waals surface area contributed by atoms with Gasteiger partial charge in [0.15, 0.2) is 0 Å². The first-order valence-electron chi connectivity index (χ1n) is 6.18. The number of amides is 2. The standard InChI is InChI=1S/C12H20N4O3/c1-4-16(9(2)7-11(17)18)12(19)13-8-10-5-6-14-15(10)3/h5-6,9H,4,7-8H2,1-3H3,(H,13,19)(H,17,18). The summed E-state index contributed by atoms with van der Waals surface area (Å²) < 4.78 is 1.68. The number of carbonyl (C=O) groups excluding carboxylic acids is 1. The Morgan fingerprint density at radius 3 is 2.74 bits per heavy atom. The zero-order valence-electron chi connectivity index (χ0n) is 11.5. The van der Waals surface area contributed by atoms with Crippen LogP contribution in [0.4, 0.5) is 4.79 Å². The molecule has 0 spiro atoms. The molecule has 106 valence electrons. The van der Waals surface area contributed by atoms with Crippen LogP contribution in [0.25, 0.3) is 0 Å². The van der Waals surface area contributed by atoms with Crippen molar-refractivity contribution in [2.75, 3.05) is 6.54 Å². The van der Waals surface area contributed by atoms with Crippen molar-refractivity contribution in [1.29, 1.82) is 0 Å². The predicted octanol–water partition coefficient (Wildman–Crippen LogP) is 0.815. The molecule has 19 heavy (non-hydrogen) atoms. The minimum absolute atomic E-state index is 0.0625. The minimum atomic E-state index is -0.912. The first-order valence-corrected chi connectivity index (χ1v) is 6.18. The van der Waals surface area contributed by atoms with Crippen molar-refractivity contribution >= 4 is 12.0 Å². The summed E-state index contributed by atoms with van der Waals surface area (Å²) in [6, 6.07) is 1.21. The monoisotopic (exact) mass is 268 g/mol. The molecule has 0 radical (unpaired) electrons. The van der Waals surface area contributed by atoms with Gasteiger partial charge in [0, 0.05) is 25.8 Å². The van der Waals surface area contributed by atoms with Crippen molar-refractivity contribution in [3.8, 4) is 0 Å². The molecular weight excluding hydrogens is 248 g/mol. The van der Waals surface area contributed by atoms with Crippen LogP contribution in [0.1, 0.15) is 26.0 Å². The topological polar surface area (TPSA) is 87.5 Å². The fourth-order valence-corrected chi connectivity index (χ4v) is 1.86. The lowest BCUT2D eigenvalue weighted by molar-refractivity contribution is -0.138. The molecule has 2 N–H and O–H groups in total. The highest BCUT2D eigenvalue weighted by Gasteiger charge is 2.20. The van der Waals surface area contributed by atoms with E-state index in [4.69, 9.17) is 5.11 Å². The normalized spacial score (nSPS) is 11.9. The van der Waals surface area contributed by atoms with Crippen molar-refractivity contribution in [2.24, 2.45) is 7.05 Å². The molecule has 1 unspecified atom stereocenters. The number of nitrogens with zero attached hydrogens (tertiary/aromatic N) is 3. The van der Waals surface area contributed by atoms with E-state index in [9.17, 15) is 9.59 Å². The van der Waals surface area contributed by atoms with Crippen LogP contribution in [0, 0.1) is 0 Å². The maximum absolute atomic E-state index is 12.0. The van der Waals surface area contributed by atoms with Gasteiger partial charge in [0.2, 0.25) is 0 Å². The van der Waals surface area contributed by atoms with Gasteiger partial charge in [-0.3, -0.25) is 9.48 Å². The number of carboxylic acids is 1. The Hall–Kier alpha value is -2.05. The number of aryl methyl sites for hydroxylation is 1. The first-order chi connectivity index (χ1) is 8.95. The molecule has 0 aliphatic rings. The van der Waals surface area contributed by atoms with Gasteiger partial charge in [0.1, 0.15) is 0 Å². The number of rotatable bonds is 6. The van der Waals surface area contributed by atoms with E-state index < -0.39 is 5.97 Å². The van der Waals surface area contributed by atoms with E-state index in [0.29, 0.717) is 13.1 Å². The van der Waals surface area contributed by atoms with Crippen molar-refractivity contribution in [3.63, 3.8) is 0 Å². The number of hydrogen-bond acceptors (Lipinski definition) is 3. The van der Waals surface area contributed by atoms with Crippen molar-refractivity contribution < 1.29 is 14.7 Å². The van der Waals surface area contributed by atoms with Gasteiger partial charge in [0.25, 0.3) is 0 Å². The molecule has 0 saturated carbocycles. The second-order valence-electron chi connectivity index (χ2n) is 4.34. The SMILES string of the molecule is CCN(C(=O)NCc1ccnn1C)C(C)CC(=O)O. The van der Waals surface area contributed by atoms with Gasteiger partial charge in [-0.1, -0.05) is 0 Å². The molecule has 0 bridgehead atoms. The Morgan fingerprint density at radius 2 is 2.26 bits per heavy atom. The Labute approximate surface area is 112 Å². The summed E-state index contributed by atoms with van der Waals surface area (Å²) in [7, 11) is 1.80. The zero-order chi connectivity index (χ0) is 14.4. The third-order valence-electron chi connectivity index (χ3n) is 2.95. The smallest absolute Gasteiger partial charge is 0.317 e. The molecule has 2 amide bonds. The Bertz CT molecular complexity index is 444. The Morgan fingerprint density at radius 1 is 1.58 bits per heavy atom. The summed E-state index contributed by atoms with van der Waals surface area (Å²) in [5, 5.41) is 15.5. The molecule has 0 saturated heterocycles. The van der Waals surface area contributed by atoms with Gasteiger partial charge >= 0.3 is 12.0 Å². The fraction of sp³-hybridized carbons (Fsp3) is 0.583. The summed E-state index contributed by atoms with van der Waals surface area (Å²) in [6.07, 6.45) is 1.60. The van der Waals surface area contributed by atoms with Gasteiger partial charge < -0.3 is 15.3 Å². The largest absolute Gasteiger partial charge is 0.481 e. The summed E-state index contributed by atoms with van der Waals surface area (Å²) in [5.41, 5.74) is 0.885. The van der Waals surface area contributed by atoms with E-state index in [1.54, 1.807) is 24.9 Å². The van der Waals surface area contributed by atoms with E-state index >= 15 is 0 Å². The number of aliphatic carboxylic acids is 1. The molecule has 1 rings (SSSR count). The van der Waals surface area contributed by atoms with Crippen LogP contribution in [0.2, 0.25) is 0 Å². The summed E-state index contributed by atoms with van der Waals surface area (Å²) in [5.74, 6) is -0.912. The van der Waals surface area contributed by atoms with Crippen molar-refractivity contribution in [2.45, 2.75) is 32.9 Å². The number of nitrogens with one attached hydrogen (secondary N) is 1. The maximum atomic E-state index is 12.0. The van der Waals surface area contributed by atoms with Gasteiger partial charge in [-0.2, -0.15) is 5.10 Å². The third-order valence-corrected chi connectivity index (χ3v) is 2.95. The van der Waals surface area contributed by atoms with E-state index in [1.807, 2.05) is 13.0 Å². The predicted molar refractivity (Wildman–Crippen MR) is 69.5 cm³/mol. The molecule has 0 aromatic carbocycles. The zero-order valence-corrected chi connectivity index (χ0v) is 11.5. The van der Waals surface area contributed by atoms with E-state index in [1.165, 1.54) is 4.90 Å². The number of aromatic nitrogens is 2. The van der Waals surface area contributed by atoms with Gasteiger partial charge in [-0.25, -0.2) is 4.79 Å². The molecule has 0 fully saturated rings. The van der Waals surface area contributed by atoms with Crippen molar-refractivity contribution in [3.05, 3.63) is 18.0 Å². The number of hydrogen-bond donors (Lipinski definition) is 2. The number of carbonyl (C=O) groups is 2. The van der Waals surface area contributed by atoms with Gasteiger partial charge in [-0.05, 0) is 19.9 Å². The molecule has 1 heterocycles. The Kier molecular flexibility index (Phi) is 5.35. The lowest BCUT2D eigenvalue weighted by Crippen LogP contribution is -2.45. The maximum Gasteiger partial charge on any atom is 0.317 e. The minimum Gasteiger partial charge on any atom is -0.481 e. The number of urea groups is 1. The summed E-state index contributed by atoms with van der Waals surface area (Å²) in [4.78, 5) is 24.2. The lowest BCUT2D eigenvalue weighted by Gasteiger charge is -2.27. The van der Waals surface area contributed by atoms with E-state index in [-0.39, 0.29) is 18.5 Å². The van der Waals surface area contributed by atoms with Gasteiger partial charge in [-0.15, -0.1) is 0 Å². The fourth-order valence-electron chi connectivity index (χ4n) is 1.86. The van der Waals surface area contributed by atoms with Crippen LogP contribution in [0.3, 0.4) is 0 Å². The highest BCUT2D eigenvalue weighted by molar-refractivity contribution is 5.75. The molecular formula is C12H20N4O3. The summed E-state index contributed by atoms with van der Waals surface area (Å²) >= 11 is 0. The molecule has 7 heteroatoms. The highest BCUT2D eigenvalue weighted by atomic mass is 16.4. The second kappa shape index (κ2) is 6.77. The third kappa shape index (κ3) is 4.27. The first kappa shape index (κ1) is 15.0. The number of carboxylic acid groups (broad SMARTS) is 1. The summed E-state index contributed by atoms with van der Waals surface area (Å²) in [6.45, 7) is 4.38. The van der Waals surface area contributed by atoms with Crippen molar-refractivity contribution in [1.82, 2.24) is 20.0 Å². The highest BCUT2D eigenvalue weighted by Crippen LogP contribution is 2.05. The molecule has 7 nitrogen and oxygen atoms in total. The van der Waals surface area contributed by atoms with E-state index in [2.05, 4.69) is 10.4 Å². The molecule has 1 aromatic heterocycles. The molecule has 1 atom stereocenters. The molecule has 1 aromatic rings. The van der Waals surface area contributed by atoms with Gasteiger partial charge in [0.05, 0.1) is 18.7 Å². The van der Waals surface area contributed by atoms with Crippen LogP contribution in [-0.2, 0) is 18.4 Å².